The molecule has 1 saturated carbocycles. The van der Waals surface area contributed by atoms with Gasteiger partial charge in [0, 0.05) is 6.54 Å². The van der Waals surface area contributed by atoms with E-state index in [-0.39, 0.29) is 0 Å². The van der Waals surface area contributed by atoms with E-state index in [1.54, 1.807) is 0 Å². The van der Waals surface area contributed by atoms with E-state index in [0.29, 0.717) is 0 Å². The quantitative estimate of drug-likeness (QED) is 0.641. The number of hydrogen-bond donors (Lipinski definition) is 1. The maximum atomic E-state index is 5.56. The summed E-state index contributed by atoms with van der Waals surface area (Å²) in [6.45, 7) is 8.99. The molecule has 1 rings (SSSR count). The summed E-state index contributed by atoms with van der Waals surface area (Å²) in [5.74, 6) is 1.76. The number of nitrogens with zero attached hydrogens (tertiary/aromatic N) is 1. The Kier molecular flexibility index (Phi) is 3.34. The molecule has 0 aliphatic heterocycles. The zero-order valence-electron chi connectivity index (χ0n) is 7.71. The minimum absolute atomic E-state index is 0.843. The predicted octanol–water partition coefficient (Wildman–Crippen LogP) is 0.923. The van der Waals surface area contributed by atoms with Crippen molar-refractivity contribution in [3.63, 3.8) is 0 Å². The largest absolute Gasteiger partial charge is 0.330 e. The standard InChI is InChI=1S/C9H20N2/c1-3-11(4-2)7-9-5-8(9)6-10/h8-9H,3-7,10H2,1-2H3. The van der Waals surface area contributed by atoms with Crippen molar-refractivity contribution in [3.8, 4) is 0 Å². The summed E-state index contributed by atoms with van der Waals surface area (Å²) >= 11 is 0. The fraction of sp³-hybridized carbons (Fsp3) is 1.00. The Hall–Kier alpha value is -0.0800. The Balaban J connectivity index is 2.11. The fourth-order valence-corrected chi connectivity index (χ4v) is 1.64. The van der Waals surface area contributed by atoms with Crippen molar-refractivity contribution in [1.29, 1.82) is 0 Å². The maximum Gasteiger partial charge on any atom is 0.00127 e. The van der Waals surface area contributed by atoms with Crippen LogP contribution >= 0.6 is 0 Å². The molecule has 2 nitrogen and oxygen atoms in total. The van der Waals surface area contributed by atoms with Crippen molar-refractivity contribution in [1.82, 2.24) is 4.90 Å². The van der Waals surface area contributed by atoms with Gasteiger partial charge >= 0.3 is 0 Å². The van der Waals surface area contributed by atoms with E-state index < -0.39 is 0 Å². The molecule has 0 amide bonds. The first-order valence-corrected chi connectivity index (χ1v) is 4.74. The molecule has 0 spiro atoms. The Morgan fingerprint density at radius 3 is 2.27 bits per heavy atom. The zero-order valence-corrected chi connectivity index (χ0v) is 7.71. The van der Waals surface area contributed by atoms with E-state index in [4.69, 9.17) is 5.73 Å². The first kappa shape index (κ1) is 9.01. The van der Waals surface area contributed by atoms with Crippen molar-refractivity contribution in [2.45, 2.75) is 20.3 Å². The molecule has 0 aromatic heterocycles. The minimum Gasteiger partial charge on any atom is -0.330 e. The lowest BCUT2D eigenvalue weighted by atomic mass is 10.3. The summed E-state index contributed by atoms with van der Waals surface area (Å²) in [6.07, 6.45) is 1.37. The van der Waals surface area contributed by atoms with Gasteiger partial charge in [-0.15, -0.1) is 0 Å². The van der Waals surface area contributed by atoms with Crippen LogP contribution in [0.3, 0.4) is 0 Å². The van der Waals surface area contributed by atoms with Crippen molar-refractivity contribution >= 4 is 0 Å². The summed E-state index contributed by atoms with van der Waals surface area (Å²) < 4.78 is 0. The van der Waals surface area contributed by atoms with E-state index in [1.165, 1.54) is 26.1 Å². The SMILES string of the molecule is CCN(CC)CC1CC1CN. The molecule has 2 heteroatoms. The lowest BCUT2D eigenvalue weighted by molar-refractivity contribution is 0.286. The highest BCUT2D eigenvalue weighted by molar-refractivity contribution is 4.88. The third-order valence-electron chi connectivity index (χ3n) is 2.76. The maximum absolute atomic E-state index is 5.56. The van der Waals surface area contributed by atoms with E-state index in [9.17, 15) is 0 Å². The third kappa shape index (κ3) is 2.46. The van der Waals surface area contributed by atoms with Gasteiger partial charge in [0.25, 0.3) is 0 Å². The molecule has 0 aromatic carbocycles. The molecule has 11 heavy (non-hydrogen) atoms. The first-order valence-electron chi connectivity index (χ1n) is 4.74. The van der Waals surface area contributed by atoms with Gasteiger partial charge in [-0.25, -0.2) is 0 Å². The van der Waals surface area contributed by atoms with Gasteiger partial charge < -0.3 is 10.6 Å². The number of hydrogen-bond acceptors (Lipinski definition) is 2. The van der Waals surface area contributed by atoms with Crippen LogP contribution in [0.15, 0.2) is 0 Å². The lowest BCUT2D eigenvalue weighted by Gasteiger charge is -2.17. The van der Waals surface area contributed by atoms with Crippen molar-refractivity contribution in [3.05, 3.63) is 0 Å². The summed E-state index contributed by atoms with van der Waals surface area (Å²) in [7, 11) is 0. The Labute approximate surface area is 69.8 Å². The second-order valence-corrected chi connectivity index (χ2v) is 3.48. The molecular weight excluding hydrogens is 136 g/mol. The van der Waals surface area contributed by atoms with Gasteiger partial charge in [0.2, 0.25) is 0 Å². The Bertz CT molecular complexity index is 110. The molecule has 2 unspecified atom stereocenters. The van der Waals surface area contributed by atoms with Crippen LogP contribution < -0.4 is 5.73 Å². The van der Waals surface area contributed by atoms with Crippen LogP contribution in [-0.4, -0.2) is 31.1 Å². The van der Waals surface area contributed by atoms with E-state index in [1.807, 2.05) is 0 Å². The van der Waals surface area contributed by atoms with E-state index in [0.717, 1.165) is 18.4 Å². The van der Waals surface area contributed by atoms with Gasteiger partial charge in [-0.05, 0) is 37.9 Å². The van der Waals surface area contributed by atoms with Gasteiger partial charge in [-0.1, -0.05) is 13.8 Å². The van der Waals surface area contributed by atoms with Crippen LogP contribution in [-0.2, 0) is 0 Å². The molecule has 0 aromatic rings. The highest BCUT2D eigenvalue weighted by Gasteiger charge is 2.35. The smallest absolute Gasteiger partial charge is 0.00127 e. The molecule has 0 radical (unpaired) electrons. The van der Waals surface area contributed by atoms with Crippen LogP contribution in [0, 0.1) is 11.8 Å². The van der Waals surface area contributed by atoms with Gasteiger partial charge in [0.1, 0.15) is 0 Å². The van der Waals surface area contributed by atoms with E-state index in [2.05, 4.69) is 18.7 Å². The van der Waals surface area contributed by atoms with Crippen LogP contribution in [0.5, 0.6) is 0 Å². The van der Waals surface area contributed by atoms with Gasteiger partial charge in [0.05, 0.1) is 0 Å². The molecule has 1 fully saturated rings. The lowest BCUT2D eigenvalue weighted by Crippen LogP contribution is -2.26. The monoisotopic (exact) mass is 156 g/mol. The number of nitrogens with two attached hydrogens (primary N) is 1. The fourth-order valence-electron chi connectivity index (χ4n) is 1.64. The second kappa shape index (κ2) is 4.07. The third-order valence-corrected chi connectivity index (χ3v) is 2.76. The van der Waals surface area contributed by atoms with Gasteiger partial charge in [0.15, 0.2) is 0 Å². The average molecular weight is 156 g/mol. The molecular formula is C9H20N2. The minimum atomic E-state index is 0.843. The molecule has 2 N–H and O–H groups in total. The highest BCUT2D eigenvalue weighted by Crippen LogP contribution is 2.37. The molecule has 2 atom stereocenters. The summed E-state index contributed by atoms with van der Waals surface area (Å²) in [4.78, 5) is 2.49. The van der Waals surface area contributed by atoms with Crippen LogP contribution in [0.25, 0.3) is 0 Å². The summed E-state index contributed by atoms with van der Waals surface area (Å²) in [6, 6.07) is 0. The van der Waals surface area contributed by atoms with Crippen LogP contribution in [0.4, 0.5) is 0 Å². The van der Waals surface area contributed by atoms with E-state index >= 15 is 0 Å². The predicted molar refractivity (Wildman–Crippen MR) is 48.4 cm³/mol. The Morgan fingerprint density at radius 1 is 1.27 bits per heavy atom. The van der Waals surface area contributed by atoms with Crippen molar-refractivity contribution < 1.29 is 0 Å². The van der Waals surface area contributed by atoms with Gasteiger partial charge in [-0.3, -0.25) is 0 Å². The molecule has 1 aliphatic carbocycles. The summed E-state index contributed by atoms with van der Waals surface area (Å²) in [5.41, 5.74) is 5.56. The number of rotatable bonds is 5. The Morgan fingerprint density at radius 2 is 1.91 bits per heavy atom. The molecule has 0 saturated heterocycles. The average Bonchev–Trinajstić information content (AvgIpc) is 2.78. The molecule has 1 aliphatic rings. The van der Waals surface area contributed by atoms with Crippen molar-refractivity contribution in [2.24, 2.45) is 17.6 Å². The molecule has 0 bridgehead atoms. The molecule has 0 heterocycles. The zero-order chi connectivity index (χ0) is 8.27. The highest BCUT2D eigenvalue weighted by atomic mass is 15.1. The second-order valence-electron chi connectivity index (χ2n) is 3.48. The summed E-state index contributed by atoms with van der Waals surface area (Å²) in [5, 5.41) is 0. The van der Waals surface area contributed by atoms with Crippen LogP contribution in [0.2, 0.25) is 0 Å². The van der Waals surface area contributed by atoms with Gasteiger partial charge in [-0.2, -0.15) is 0 Å². The first-order chi connectivity index (χ1) is 5.31. The topological polar surface area (TPSA) is 29.3 Å². The molecule has 66 valence electrons. The van der Waals surface area contributed by atoms with Crippen molar-refractivity contribution in [2.75, 3.05) is 26.2 Å². The van der Waals surface area contributed by atoms with Crippen LogP contribution in [0.1, 0.15) is 20.3 Å². The normalized spacial score (nSPS) is 29.5.